The number of aromatic nitrogens is 1. The van der Waals surface area contributed by atoms with Crippen molar-refractivity contribution in [3.05, 3.63) is 33.3 Å². The lowest BCUT2D eigenvalue weighted by molar-refractivity contribution is 0.415. The number of methoxy groups -OCH3 is 1. The molecule has 1 aromatic heterocycles. The van der Waals surface area contributed by atoms with Crippen molar-refractivity contribution in [1.82, 2.24) is 4.98 Å². The Morgan fingerprint density at radius 2 is 2.00 bits per heavy atom. The van der Waals surface area contributed by atoms with Gasteiger partial charge < -0.3 is 4.74 Å². The fourth-order valence-corrected chi connectivity index (χ4v) is 2.73. The molecule has 1 heterocycles. The zero-order valence-electron chi connectivity index (χ0n) is 7.42. The summed E-state index contributed by atoms with van der Waals surface area (Å²) in [6.07, 6.45) is 1.76. The van der Waals surface area contributed by atoms with E-state index in [0.29, 0.717) is 0 Å². The van der Waals surface area contributed by atoms with E-state index in [1.54, 1.807) is 13.3 Å². The minimum atomic E-state index is 0.801. The van der Waals surface area contributed by atoms with Gasteiger partial charge in [-0.2, -0.15) is 0 Å². The van der Waals surface area contributed by atoms with Crippen LogP contribution in [0.15, 0.2) is 33.3 Å². The maximum absolute atomic E-state index is 5.16. The van der Waals surface area contributed by atoms with Crippen molar-refractivity contribution in [3.8, 4) is 5.75 Å². The van der Waals surface area contributed by atoms with Crippen LogP contribution in [0.1, 0.15) is 0 Å². The summed E-state index contributed by atoms with van der Waals surface area (Å²) in [6.45, 7) is 0. The molecular weight excluding hydrogens is 310 g/mol. The van der Waals surface area contributed by atoms with Crippen molar-refractivity contribution in [3.63, 3.8) is 0 Å². The first-order chi connectivity index (χ1) is 6.72. The fourth-order valence-electron chi connectivity index (χ4n) is 1.29. The minimum absolute atomic E-state index is 0.801. The van der Waals surface area contributed by atoms with Crippen LogP contribution in [0.5, 0.6) is 5.75 Å². The molecule has 72 valence electrons. The molecule has 0 saturated carbocycles. The lowest BCUT2D eigenvalue weighted by atomic mass is 10.2. The van der Waals surface area contributed by atoms with Crippen LogP contribution in [0.4, 0.5) is 0 Å². The Kier molecular flexibility index (Phi) is 2.74. The lowest BCUT2D eigenvalue weighted by Gasteiger charge is -2.05. The van der Waals surface area contributed by atoms with Gasteiger partial charge in [0.1, 0.15) is 5.75 Å². The summed E-state index contributed by atoms with van der Waals surface area (Å²) in [5, 5.41) is 1.06. The molecule has 4 heteroatoms. The molecule has 0 aliphatic heterocycles. The van der Waals surface area contributed by atoms with E-state index in [2.05, 4.69) is 36.8 Å². The Hall–Kier alpha value is -0.610. The number of ether oxygens (including phenoxy) is 1. The Balaban J connectivity index is 2.83. The Morgan fingerprint density at radius 1 is 1.21 bits per heavy atom. The molecule has 0 atom stereocenters. The second-order valence-electron chi connectivity index (χ2n) is 2.80. The lowest BCUT2D eigenvalue weighted by Crippen LogP contribution is -1.86. The predicted octanol–water partition coefficient (Wildman–Crippen LogP) is 3.77. The van der Waals surface area contributed by atoms with Gasteiger partial charge in [0.05, 0.1) is 12.6 Å². The fraction of sp³-hybridized carbons (Fsp3) is 0.100. The zero-order chi connectivity index (χ0) is 10.1. The summed E-state index contributed by atoms with van der Waals surface area (Å²) >= 11 is 6.97. The molecule has 0 unspecified atom stereocenters. The van der Waals surface area contributed by atoms with Gasteiger partial charge in [-0.05, 0) is 28.1 Å². The maximum Gasteiger partial charge on any atom is 0.122 e. The summed E-state index contributed by atoms with van der Waals surface area (Å²) in [6, 6.07) is 5.75. The van der Waals surface area contributed by atoms with Gasteiger partial charge in [0.15, 0.2) is 0 Å². The van der Waals surface area contributed by atoms with Gasteiger partial charge in [0.2, 0.25) is 0 Å². The summed E-state index contributed by atoms with van der Waals surface area (Å²) < 4.78 is 7.16. The van der Waals surface area contributed by atoms with E-state index in [0.717, 1.165) is 25.6 Å². The smallest absolute Gasteiger partial charge is 0.122 e. The monoisotopic (exact) mass is 315 g/mol. The van der Waals surface area contributed by atoms with Crippen LogP contribution >= 0.6 is 31.9 Å². The molecule has 0 radical (unpaired) electrons. The standard InChI is InChI=1S/C10H7Br2NO/c1-14-6-4-8(12)10-7(11)2-3-13-9(10)5-6/h2-5H,1H3. The number of hydrogen-bond acceptors (Lipinski definition) is 2. The number of benzene rings is 1. The van der Waals surface area contributed by atoms with Crippen LogP contribution in [-0.4, -0.2) is 12.1 Å². The van der Waals surface area contributed by atoms with E-state index in [1.165, 1.54) is 0 Å². The molecule has 14 heavy (non-hydrogen) atoms. The first-order valence-electron chi connectivity index (χ1n) is 4.00. The van der Waals surface area contributed by atoms with Gasteiger partial charge >= 0.3 is 0 Å². The van der Waals surface area contributed by atoms with Crippen molar-refractivity contribution >= 4 is 42.8 Å². The highest BCUT2D eigenvalue weighted by Crippen LogP contribution is 2.32. The third-order valence-corrected chi connectivity index (χ3v) is 3.24. The second-order valence-corrected chi connectivity index (χ2v) is 4.50. The van der Waals surface area contributed by atoms with Crippen LogP contribution < -0.4 is 4.74 Å². The summed E-state index contributed by atoms with van der Waals surface area (Å²) in [5.41, 5.74) is 0.908. The largest absolute Gasteiger partial charge is 0.497 e. The van der Waals surface area contributed by atoms with E-state index in [9.17, 15) is 0 Å². The average molecular weight is 317 g/mol. The van der Waals surface area contributed by atoms with Crippen molar-refractivity contribution in [2.45, 2.75) is 0 Å². The SMILES string of the molecule is COc1cc(Br)c2c(Br)ccnc2c1. The normalized spacial score (nSPS) is 10.5. The Labute approximate surface area is 98.5 Å². The molecule has 0 aliphatic rings. The molecule has 0 aliphatic carbocycles. The number of fused-ring (bicyclic) bond motifs is 1. The zero-order valence-corrected chi connectivity index (χ0v) is 10.6. The van der Waals surface area contributed by atoms with Crippen LogP contribution in [0.3, 0.4) is 0 Å². The third kappa shape index (κ3) is 1.64. The van der Waals surface area contributed by atoms with Gasteiger partial charge in [-0.15, -0.1) is 0 Å². The first kappa shape index (κ1) is 9.93. The topological polar surface area (TPSA) is 22.1 Å². The number of rotatable bonds is 1. The molecule has 0 bridgehead atoms. The third-order valence-electron chi connectivity index (χ3n) is 1.95. The quantitative estimate of drug-likeness (QED) is 0.799. The summed E-state index contributed by atoms with van der Waals surface area (Å²) in [4.78, 5) is 4.27. The molecule has 0 amide bonds. The average Bonchev–Trinajstić information content (AvgIpc) is 2.17. The number of hydrogen-bond donors (Lipinski definition) is 0. The molecule has 2 nitrogen and oxygen atoms in total. The summed E-state index contributed by atoms with van der Waals surface area (Å²) in [5.74, 6) is 0.801. The van der Waals surface area contributed by atoms with E-state index < -0.39 is 0 Å². The van der Waals surface area contributed by atoms with Gasteiger partial charge in [-0.1, -0.05) is 15.9 Å². The van der Waals surface area contributed by atoms with Crippen LogP contribution in [0.25, 0.3) is 10.9 Å². The van der Waals surface area contributed by atoms with Gasteiger partial charge in [0.25, 0.3) is 0 Å². The van der Waals surface area contributed by atoms with Gasteiger partial charge in [0, 0.05) is 26.6 Å². The Bertz CT molecular complexity index is 485. The molecular formula is C10H7Br2NO. The van der Waals surface area contributed by atoms with E-state index in [1.807, 2.05) is 18.2 Å². The molecule has 0 fully saturated rings. The van der Waals surface area contributed by atoms with E-state index in [4.69, 9.17) is 4.74 Å². The van der Waals surface area contributed by atoms with Crippen LogP contribution in [0, 0.1) is 0 Å². The highest BCUT2D eigenvalue weighted by atomic mass is 79.9. The number of pyridine rings is 1. The summed E-state index contributed by atoms with van der Waals surface area (Å²) in [7, 11) is 1.64. The van der Waals surface area contributed by atoms with Gasteiger partial charge in [-0.3, -0.25) is 4.98 Å². The number of nitrogens with zero attached hydrogens (tertiary/aromatic N) is 1. The van der Waals surface area contributed by atoms with Crippen molar-refractivity contribution in [1.29, 1.82) is 0 Å². The van der Waals surface area contributed by atoms with E-state index >= 15 is 0 Å². The molecule has 2 rings (SSSR count). The molecule has 0 spiro atoms. The number of halogens is 2. The van der Waals surface area contributed by atoms with Gasteiger partial charge in [-0.25, -0.2) is 0 Å². The highest BCUT2D eigenvalue weighted by molar-refractivity contribution is 9.11. The molecule has 0 N–H and O–H groups in total. The van der Waals surface area contributed by atoms with E-state index in [-0.39, 0.29) is 0 Å². The predicted molar refractivity (Wildman–Crippen MR) is 63.7 cm³/mol. The van der Waals surface area contributed by atoms with Crippen molar-refractivity contribution in [2.24, 2.45) is 0 Å². The maximum atomic E-state index is 5.16. The second kappa shape index (κ2) is 3.87. The van der Waals surface area contributed by atoms with Crippen molar-refractivity contribution in [2.75, 3.05) is 7.11 Å². The van der Waals surface area contributed by atoms with Crippen LogP contribution in [0.2, 0.25) is 0 Å². The molecule has 1 aromatic carbocycles. The Morgan fingerprint density at radius 3 is 2.71 bits per heavy atom. The molecule has 2 aromatic rings. The highest BCUT2D eigenvalue weighted by Gasteiger charge is 2.06. The van der Waals surface area contributed by atoms with Crippen molar-refractivity contribution < 1.29 is 4.74 Å². The first-order valence-corrected chi connectivity index (χ1v) is 5.58. The molecule has 0 saturated heterocycles. The van der Waals surface area contributed by atoms with Crippen LogP contribution in [-0.2, 0) is 0 Å². The minimum Gasteiger partial charge on any atom is -0.497 e.